The third-order valence-electron chi connectivity index (χ3n) is 3.00. The Bertz CT molecular complexity index is 564. The van der Waals surface area contributed by atoms with Crippen molar-refractivity contribution in [2.24, 2.45) is 0 Å². The molecule has 2 aromatic carbocycles. The Morgan fingerprint density at radius 1 is 1.21 bits per heavy atom. The molecule has 0 aliphatic carbocycles. The second-order valence-corrected chi connectivity index (χ2v) is 5.28. The van der Waals surface area contributed by atoms with Crippen LogP contribution in [0.5, 0.6) is 11.5 Å². The molecule has 1 atom stereocenters. The van der Waals surface area contributed by atoms with Crippen LogP contribution in [0.4, 0.5) is 0 Å². The summed E-state index contributed by atoms with van der Waals surface area (Å²) in [7, 11) is 0. The highest BCUT2D eigenvalue weighted by molar-refractivity contribution is 9.10. The van der Waals surface area contributed by atoms with Crippen molar-refractivity contribution < 1.29 is 9.84 Å². The van der Waals surface area contributed by atoms with E-state index in [9.17, 15) is 5.11 Å². The van der Waals surface area contributed by atoms with E-state index in [1.54, 1.807) is 6.92 Å². The average molecular weight is 321 g/mol. The molecule has 0 aliphatic rings. The molecule has 0 amide bonds. The summed E-state index contributed by atoms with van der Waals surface area (Å²) < 4.78 is 6.76. The molecule has 2 rings (SSSR count). The topological polar surface area (TPSA) is 29.5 Å². The monoisotopic (exact) mass is 320 g/mol. The molecule has 0 aliphatic heterocycles. The second-order valence-electron chi connectivity index (χ2n) is 4.42. The largest absolute Gasteiger partial charge is 0.457 e. The fraction of sp³-hybridized carbons (Fsp3) is 0.250. The van der Waals surface area contributed by atoms with Crippen molar-refractivity contribution in [1.29, 1.82) is 0 Å². The molecular weight excluding hydrogens is 304 g/mol. The maximum absolute atomic E-state index is 9.60. The number of rotatable bonds is 4. The minimum Gasteiger partial charge on any atom is -0.457 e. The second kappa shape index (κ2) is 6.22. The van der Waals surface area contributed by atoms with Gasteiger partial charge in [-0.25, -0.2) is 0 Å². The van der Waals surface area contributed by atoms with E-state index in [1.807, 2.05) is 36.4 Å². The Balaban J connectivity index is 2.26. The first-order valence-electron chi connectivity index (χ1n) is 6.35. The van der Waals surface area contributed by atoms with Gasteiger partial charge in [-0.1, -0.05) is 47.1 Å². The van der Waals surface area contributed by atoms with Crippen molar-refractivity contribution in [2.45, 2.75) is 26.4 Å². The molecule has 0 saturated carbocycles. The summed E-state index contributed by atoms with van der Waals surface area (Å²) in [4.78, 5) is 0. The van der Waals surface area contributed by atoms with E-state index >= 15 is 0 Å². The quantitative estimate of drug-likeness (QED) is 0.871. The first-order valence-corrected chi connectivity index (χ1v) is 7.14. The van der Waals surface area contributed by atoms with Gasteiger partial charge >= 0.3 is 0 Å². The van der Waals surface area contributed by atoms with Crippen molar-refractivity contribution in [3.63, 3.8) is 0 Å². The van der Waals surface area contributed by atoms with Gasteiger partial charge in [0.05, 0.1) is 6.10 Å². The van der Waals surface area contributed by atoms with Crippen LogP contribution in [-0.2, 0) is 6.42 Å². The molecule has 1 N–H and O–H groups in total. The molecule has 0 bridgehead atoms. The van der Waals surface area contributed by atoms with Gasteiger partial charge in [0, 0.05) is 4.47 Å². The molecule has 2 aromatic rings. The number of hydrogen-bond donors (Lipinski definition) is 1. The van der Waals surface area contributed by atoms with Crippen molar-refractivity contribution in [3.05, 3.63) is 58.1 Å². The summed E-state index contributed by atoms with van der Waals surface area (Å²) in [6.07, 6.45) is 0.440. The van der Waals surface area contributed by atoms with Crippen LogP contribution < -0.4 is 4.74 Å². The summed E-state index contributed by atoms with van der Waals surface area (Å²) in [5.74, 6) is 1.64. The van der Waals surface area contributed by atoms with E-state index in [0.717, 1.165) is 28.0 Å². The number of hydrogen-bond acceptors (Lipinski definition) is 2. The molecule has 19 heavy (non-hydrogen) atoms. The maximum Gasteiger partial charge on any atom is 0.130 e. The van der Waals surface area contributed by atoms with Gasteiger partial charge in [0.2, 0.25) is 0 Å². The Morgan fingerprint density at radius 2 is 1.95 bits per heavy atom. The SMILES string of the molecule is CCc1ccccc1Oc1ccc([C@@H](C)O)c(Br)c1. The smallest absolute Gasteiger partial charge is 0.130 e. The van der Waals surface area contributed by atoms with Gasteiger partial charge in [-0.3, -0.25) is 0 Å². The summed E-state index contributed by atoms with van der Waals surface area (Å²) in [6.45, 7) is 3.85. The van der Waals surface area contributed by atoms with Gasteiger partial charge in [0.15, 0.2) is 0 Å². The summed E-state index contributed by atoms with van der Waals surface area (Å²) in [6, 6.07) is 13.6. The maximum atomic E-state index is 9.60. The molecule has 0 radical (unpaired) electrons. The van der Waals surface area contributed by atoms with Crippen molar-refractivity contribution in [1.82, 2.24) is 0 Å². The van der Waals surface area contributed by atoms with Crippen LogP contribution in [0, 0.1) is 0 Å². The number of halogens is 1. The van der Waals surface area contributed by atoms with E-state index in [-0.39, 0.29) is 0 Å². The zero-order valence-corrected chi connectivity index (χ0v) is 12.6. The average Bonchev–Trinajstić information content (AvgIpc) is 2.39. The third-order valence-corrected chi connectivity index (χ3v) is 3.69. The number of aliphatic hydroxyl groups excluding tert-OH is 1. The Kier molecular flexibility index (Phi) is 4.61. The molecule has 0 saturated heterocycles. The van der Waals surface area contributed by atoms with Gasteiger partial charge in [-0.15, -0.1) is 0 Å². The Labute approximate surface area is 122 Å². The molecule has 0 fully saturated rings. The highest BCUT2D eigenvalue weighted by Crippen LogP contribution is 2.31. The van der Waals surface area contributed by atoms with Crippen LogP contribution in [0.3, 0.4) is 0 Å². The molecular formula is C16H17BrO2. The minimum atomic E-state index is -0.494. The van der Waals surface area contributed by atoms with E-state index < -0.39 is 6.10 Å². The molecule has 0 unspecified atom stereocenters. The van der Waals surface area contributed by atoms with E-state index in [0.29, 0.717) is 0 Å². The number of aliphatic hydroxyl groups is 1. The van der Waals surface area contributed by atoms with Gasteiger partial charge in [0.25, 0.3) is 0 Å². The molecule has 100 valence electrons. The zero-order chi connectivity index (χ0) is 13.8. The lowest BCUT2D eigenvalue weighted by molar-refractivity contribution is 0.198. The number of para-hydroxylation sites is 1. The molecule has 2 nitrogen and oxygen atoms in total. The van der Waals surface area contributed by atoms with E-state index in [2.05, 4.69) is 28.9 Å². The van der Waals surface area contributed by atoms with Crippen LogP contribution in [-0.4, -0.2) is 5.11 Å². The van der Waals surface area contributed by atoms with Crippen LogP contribution in [0.2, 0.25) is 0 Å². The van der Waals surface area contributed by atoms with Crippen molar-refractivity contribution in [3.8, 4) is 11.5 Å². The first kappa shape index (κ1) is 14.1. The first-order chi connectivity index (χ1) is 9.11. The van der Waals surface area contributed by atoms with Crippen LogP contribution in [0.1, 0.15) is 31.1 Å². The molecule has 3 heteroatoms. The summed E-state index contributed by atoms with van der Waals surface area (Å²) in [5.41, 5.74) is 2.04. The van der Waals surface area contributed by atoms with Crippen LogP contribution >= 0.6 is 15.9 Å². The lowest BCUT2D eigenvalue weighted by Gasteiger charge is -2.12. The lowest BCUT2D eigenvalue weighted by Crippen LogP contribution is -1.94. The van der Waals surface area contributed by atoms with Gasteiger partial charge < -0.3 is 9.84 Å². The highest BCUT2D eigenvalue weighted by atomic mass is 79.9. The predicted octanol–water partition coefficient (Wildman–Crippen LogP) is 4.86. The number of benzene rings is 2. The number of aryl methyl sites for hydroxylation is 1. The van der Waals surface area contributed by atoms with Gasteiger partial charge in [0.1, 0.15) is 11.5 Å². The summed E-state index contributed by atoms with van der Waals surface area (Å²) in [5, 5.41) is 9.60. The Morgan fingerprint density at radius 3 is 2.58 bits per heavy atom. The van der Waals surface area contributed by atoms with Crippen molar-refractivity contribution >= 4 is 15.9 Å². The van der Waals surface area contributed by atoms with Crippen LogP contribution in [0.25, 0.3) is 0 Å². The van der Waals surface area contributed by atoms with Gasteiger partial charge in [-0.05, 0) is 42.7 Å². The lowest BCUT2D eigenvalue weighted by atomic mass is 10.1. The Hall–Kier alpha value is -1.32. The number of ether oxygens (including phenoxy) is 1. The third kappa shape index (κ3) is 3.37. The summed E-state index contributed by atoms with van der Waals surface area (Å²) >= 11 is 3.46. The van der Waals surface area contributed by atoms with Crippen molar-refractivity contribution in [2.75, 3.05) is 0 Å². The molecule has 0 heterocycles. The predicted molar refractivity (Wildman–Crippen MR) is 80.7 cm³/mol. The zero-order valence-electron chi connectivity index (χ0n) is 11.1. The fourth-order valence-corrected chi connectivity index (χ4v) is 2.62. The highest BCUT2D eigenvalue weighted by Gasteiger charge is 2.08. The fourth-order valence-electron chi connectivity index (χ4n) is 1.93. The van der Waals surface area contributed by atoms with E-state index in [1.165, 1.54) is 5.56 Å². The molecule has 0 spiro atoms. The standard InChI is InChI=1S/C16H17BrO2/c1-3-12-6-4-5-7-16(12)19-13-8-9-14(11(2)18)15(17)10-13/h4-11,18H,3H2,1-2H3/t11-/m1/s1. The molecule has 0 aromatic heterocycles. The van der Waals surface area contributed by atoms with Gasteiger partial charge in [-0.2, -0.15) is 0 Å². The normalized spacial score (nSPS) is 12.2. The van der Waals surface area contributed by atoms with Crippen LogP contribution in [0.15, 0.2) is 46.9 Å². The van der Waals surface area contributed by atoms with E-state index in [4.69, 9.17) is 4.74 Å². The minimum absolute atomic E-state index is 0.494.